The molecule has 0 bridgehead atoms. The number of hydrogen-bond donors (Lipinski definition) is 1. The molecule has 0 aliphatic heterocycles. The van der Waals surface area contributed by atoms with Crippen LogP contribution < -0.4 is 5.32 Å². The Hall–Kier alpha value is -0.0400. The van der Waals surface area contributed by atoms with Crippen molar-refractivity contribution >= 4 is 0 Å². The van der Waals surface area contributed by atoms with Gasteiger partial charge in [-0.15, -0.1) is 0 Å². The third-order valence-electron chi connectivity index (χ3n) is 5.37. The minimum Gasteiger partial charge on any atom is -0.314 e. The van der Waals surface area contributed by atoms with Crippen molar-refractivity contribution in [2.24, 2.45) is 29.1 Å². The molecule has 2 rings (SSSR count). The lowest BCUT2D eigenvalue weighted by molar-refractivity contribution is 0.139. The Labute approximate surface area is 114 Å². The summed E-state index contributed by atoms with van der Waals surface area (Å²) in [5.74, 6) is 4.10. The Kier molecular flexibility index (Phi) is 4.41. The van der Waals surface area contributed by atoms with E-state index in [4.69, 9.17) is 0 Å². The van der Waals surface area contributed by atoms with Gasteiger partial charge in [0, 0.05) is 6.04 Å². The van der Waals surface area contributed by atoms with Crippen LogP contribution in [0.3, 0.4) is 0 Å². The summed E-state index contributed by atoms with van der Waals surface area (Å²) in [6, 6.07) is 0.655. The van der Waals surface area contributed by atoms with Crippen molar-refractivity contribution < 1.29 is 0 Å². The summed E-state index contributed by atoms with van der Waals surface area (Å²) in [7, 11) is 0. The molecule has 1 N–H and O–H groups in total. The van der Waals surface area contributed by atoms with Gasteiger partial charge in [-0.1, -0.05) is 34.6 Å². The molecule has 0 saturated heterocycles. The normalized spacial score (nSPS) is 37.0. The predicted octanol–water partition coefficient (Wildman–Crippen LogP) is 4.47. The molecule has 0 aromatic rings. The largest absolute Gasteiger partial charge is 0.314 e. The predicted molar refractivity (Wildman–Crippen MR) is 79.6 cm³/mol. The van der Waals surface area contributed by atoms with Gasteiger partial charge in [-0.25, -0.2) is 0 Å². The molecular weight excluding hydrogens is 218 g/mol. The van der Waals surface area contributed by atoms with Gasteiger partial charge in [-0.2, -0.15) is 0 Å². The minimum absolute atomic E-state index is 0.535. The van der Waals surface area contributed by atoms with Gasteiger partial charge < -0.3 is 5.32 Å². The third-order valence-corrected chi connectivity index (χ3v) is 5.37. The third kappa shape index (κ3) is 3.73. The molecule has 2 aliphatic carbocycles. The standard InChI is InChI=1S/C17H33N/c1-12(2)18-11-14-10-16(14)13-6-8-15(9-7-13)17(3,4)5/h12-16,18H,6-11H2,1-5H3. The summed E-state index contributed by atoms with van der Waals surface area (Å²) in [6.07, 6.45) is 7.48. The first-order valence-corrected chi connectivity index (χ1v) is 8.11. The Morgan fingerprint density at radius 3 is 2.17 bits per heavy atom. The van der Waals surface area contributed by atoms with Gasteiger partial charge in [0.05, 0.1) is 0 Å². The zero-order valence-electron chi connectivity index (χ0n) is 13.1. The fourth-order valence-corrected chi connectivity index (χ4v) is 3.88. The molecule has 0 aromatic heterocycles. The lowest BCUT2D eigenvalue weighted by Gasteiger charge is -2.37. The highest BCUT2D eigenvalue weighted by atomic mass is 14.9. The SMILES string of the molecule is CC(C)NCC1CC1C1CCC(C(C)(C)C)CC1. The van der Waals surface area contributed by atoms with Crippen molar-refractivity contribution in [3.8, 4) is 0 Å². The zero-order valence-corrected chi connectivity index (χ0v) is 13.1. The first kappa shape index (κ1) is 14.4. The topological polar surface area (TPSA) is 12.0 Å². The lowest BCUT2D eigenvalue weighted by Crippen LogP contribution is -2.28. The number of hydrogen-bond acceptors (Lipinski definition) is 1. The van der Waals surface area contributed by atoms with E-state index in [0.717, 1.165) is 23.7 Å². The van der Waals surface area contributed by atoms with Crippen molar-refractivity contribution in [2.45, 2.75) is 72.8 Å². The molecule has 0 heterocycles. The van der Waals surface area contributed by atoms with Crippen LogP contribution in [0.1, 0.15) is 66.7 Å². The molecule has 0 spiro atoms. The van der Waals surface area contributed by atoms with E-state index in [1.165, 1.54) is 38.6 Å². The first-order valence-electron chi connectivity index (χ1n) is 8.11. The van der Waals surface area contributed by atoms with Gasteiger partial charge in [0.15, 0.2) is 0 Å². The van der Waals surface area contributed by atoms with Crippen molar-refractivity contribution in [3.05, 3.63) is 0 Å². The summed E-state index contributed by atoms with van der Waals surface area (Å²) < 4.78 is 0. The van der Waals surface area contributed by atoms with E-state index in [9.17, 15) is 0 Å². The van der Waals surface area contributed by atoms with Crippen molar-refractivity contribution in [3.63, 3.8) is 0 Å². The van der Waals surface area contributed by atoms with Gasteiger partial charge in [0.2, 0.25) is 0 Å². The molecule has 106 valence electrons. The van der Waals surface area contributed by atoms with E-state index >= 15 is 0 Å². The summed E-state index contributed by atoms with van der Waals surface area (Å²) >= 11 is 0. The molecule has 0 radical (unpaired) electrons. The summed E-state index contributed by atoms with van der Waals surface area (Å²) in [5, 5.41) is 3.61. The van der Waals surface area contributed by atoms with Crippen molar-refractivity contribution in [1.82, 2.24) is 5.32 Å². The van der Waals surface area contributed by atoms with Crippen molar-refractivity contribution in [2.75, 3.05) is 6.54 Å². The van der Waals surface area contributed by atoms with Gasteiger partial charge in [0.1, 0.15) is 0 Å². The smallest absolute Gasteiger partial charge is 0.00104 e. The van der Waals surface area contributed by atoms with Gasteiger partial charge in [0.25, 0.3) is 0 Å². The fraction of sp³-hybridized carbons (Fsp3) is 1.00. The molecule has 1 heteroatoms. The van der Waals surface area contributed by atoms with E-state index in [0.29, 0.717) is 11.5 Å². The first-order chi connectivity index (χ1) is 8.38. The fourth-order valence-electron chi connectivity index (χ4n) is 3.88. The van der Waals surface area contributed by atoms with Gasteiger partial charge >= 0.3 is 0 Å². The van der Waals surface area contributed by atoms with Gasteiger partial charge in [-0.3, -0.25) is 0 Å². The average molecular weight is 251 g/mol. The maximum absolute atomic E-state index is 3.61. The highest BCUT2D eigenvalue weighted by Crippen LogP contribution is 2.51. The Morgan fingerprint density at radius 1 is 1.06 bits per heavy atom. The van der Waals surface area contributed by atoms with E-state index in [-0.39, 0.29) is 0 Å². The van der Waals surface area contributed by atoms with E-state index in [1.54, 1.807) is 0 Å². The second-order valence-corrected chi connectivity index (χ2v) is 8.20. The average Bonchev–Trinajstić information content (AvgIpc) is 3.05. The second-order valence-electron chi connectivity index (χ2n) is 8.20. The summed E-state index contributed by atoms with van der Waals surface area (Å²) in [4.78, 5) is 0. The van der Waals surface area contributed by atoms with E-state index in [1.807, 2.05) is 0 Å². The molecular formula is C17H33N. The molecule has 18 heavy (non-hydrogen) atoms. The monoisotopic (exact) mass is 251 g/mol. The molecule has 1 nitrogen and oxygen atoms in total. The molecule has 0 amide bonds. The van der Waals surface area contributed by atoms with Crippen LogP contribution in [0.25, 0.3) is 0 Å². The van der Waals surface area contributed by atoms with Crippen LogP contribution >= 0.6 is 0 Å². The quantitative estimate of drug-likeness (QED) is 0.777. The van der Waals surface area contributed by atoms with Crippen LogP contribution in [0.15, 0.2) is 0 Å². The van der Waals surface area contributed by atoms with E-state index < -0.39 is 0 Å². The molecule has 0 aromatic carbocycles. The van der Waals surface area contributed by atoms with Crippen LogP contribution in [0.4, 0.5) is 0 Å². The Morgan fingerprint density at radius 2 is 1.67 bits per heavy atom. The van der Waals surface area contributed by atoms with Gasteiger partial charge in [-0.05, 0) is 67.7 Å². The molecule has 2 atom stereocenters. The molecule has 2 aliphatic rings. The highest BCUT2D eigenvalue weighted by Gasteiger charge is 2.44. The Bertz CT molecular complexity index is 255. The summed E-state index contributed by atoms with van der Waals surface area (Å²) in [6.45, 7) is 13.0. The Balaban J connectivity index is 1.69. The molecule has 2 saturated carbocycles. The van der Waals surface area contributed by atoms with Crippen LogP contribution in [0.2, 0.25) is 0 Å². The second kappa shape index (κ2) is 5.53. The van der Waals surface area contributed by atoms with Crippen molar-refractivity contribution in [1.29, 1.82) is 0 Å². The number of rotatable bonds is 4. The summed E-state index contributed by atoms with van der Waals surface area (Å²) in [5.41, 5.74) is 0.535. The molecule has 2 unspecified atom stereocenters. The van der Waals surface area contributed by atoms with Crippen LogP contribution in [-0.4, -0.2) is 12.6 Å². The maximum Gasteiger partial charge on any atom is 0.00104 e. The zero-order chi connectivity index (χ0) is 13.3. The number of nitrogens with one attached hydrogen (secondary N) is 1. The molecule has 2 fully saturated rings. The van der Waals surface area contributed by atoms with Crippen LogP contribution in [0.5, 0.6) is 0 Å². The highest BCUT2D eigenvalue weighted by molar-refractivity contribution is 4.95. The minimum atomic E-state index is 0.535. The van der Waals surface area contributed by atoms with E-state index in [2.05, 4.69) is 39.9 Å². The van der Waals surface area contributed by atoms with Crippen LogP contribution in [0, 0.1) is 29.1 Å². The maximum atomic E-state index is 3.61. The lowest BCUT2D eigenvalue weighted by atomic mass is 9.69. The van der Waals surface area contributed by atoms with Crippen LogP contribution in [-0.2, 0) is 0 Å².